The van der Waals surface area contributed by atoms with E-state index in [0.29, 0.717) is 18.2 Å². The fourth-order valence-corrected chi connectivity index (χ4v) is 2.42. The molecule has 0 saturated carbocycles. The summed E-state index contributed by atoms with van der Waals surface area (Å²) in [5.41, 5.74) is 1.71. The van der Waals surface area contributed by atoms with Gasteiger partial charge in [0.15, 0.2) is 0 Å². The largest absolute Gasteiger partial charge is 0.388 e. The zero-order chi connectivity index (χ0) is 14.5. The van der Waals surface area contributed by atoms with Crippen LogP contribution in [0.3, 0.4) is 0 Å². The Morgan fingerprint density at radius 3 is 2.60 bits per heavy atom. The number of piperazine rings is 1. The molecule has 1 fully saturated rings. The summed E-state index contributed by atoms with van der Waals surface area (Å²) in [5, 5.41) is 6.07. The topological polar surface area (TPSA) is 47.6 Å². The number of rotatable bonds is 4. The first kappa shape index (κ1) is 14.8. The zero-order valence-corrected chi connectivity index (χ0v) is 12.5. The molecule has 2 N–H and O–H groups in total. The molecule has 1 unspecified atom stereocenters. The SMILES string of the molecule is CNc1ccc(C(=O)NCC2CN(C)CCN2C)cc1. The number of carbonyl (C=O) groups is 1. The van der Waals surface area contributed by atoms with Crippen LogP contribution in [0.2, 0.25) is 0 Å². The van der Waals surface area contributed by atoms with Crippen molar-refractivity contribution < 1.29 is 4.79 Å². The number of hydrogen-bond acceptors (Lipinski definition) is 4. The molecule has 20 heavy (non-hydrogen) atoms. The van der Waals surface area contributed by atoms with Crippen LogP contribution < -0.4 is 10.6 Å². The lowest BCUT2D eigenvalue weighted by atomic mass is 10.1. The number of hydrogen-bond donors (Lipinski definition) is 2. The highest BCUT2D eigenvalue weighted by atomic mass is 16.1. The molecule has 1 aromatic carbocycles. The molecular weight excluding hydrogens is 252 g/mol. The smallest absolute Gasteiger partial charge is 0.251 e. The maximum atomic E-state index is 12.1. The summed E-state index contributed by atoms with van der Waals surface area (Å²) < 4.78 is 0. The minimum Gasteiger partial charge on any atom is -0.388 e. The van der Waals surface area contributed by atoms with Gasteiger partial charge in [-0.1, -0.05) is 0 Å². The zero-order valence-electron chi connectivity index (χ0n) is 12.5. The van der Waals surface area contributed by atoms with Gasteiger partial charge in [-0.15, -0.1) is 0 Å². The molecule has 0 aliphatic carbocycles. The Hall–Kier alpha value is -1.59. The Morgan fingerprint density at radius 1 is 1.25 bits per heavy atom. The number of anilines is 1. The first-order valence-corrected chi connectivity index (χ1v) is 7.05. The van der Waals surface area contributed by atoms with Crippen LogP contribution in [0, 0.1) is 0 Å². The summed E-state index contributed by atoms with van der Waals surface area (Å²) >= 11 is 0. The highest BCUT2D eigenvalue weighted by Crippen LogP contribution is 2.09. The quantitative estimate of drug-likeness (QED) is 0.850. The van der Waals surface area contributed by atoms with Crippen LogP contribution >= 0.6 is 0 Å². The summed E-state index contributed by atoms with van der Waals surface area (Å²) in [4.78, 5) is 16.7. The van der Waals surface area contributed by atoms with Crippen molar-refractivity contribution in [2.24, 2.45) is 0 Å². The third-order valence-corrected chi connectivity index (χ3v) is 3.91. The highest BCUT2D eigenvalue weighted by Gasteiger charge is 2.22. The Labute approximate surface area is 120 Å². The Morgan fingerprint density at radius 2 is 1.95 bits per heavy atom. The predicted molar refractivity (Wildman–Crippen MR) is 82.2 cm³/mol. The molecule has 110 valence electrons. The number of nitrogens with zero attached hydrogens (tertiary/aromatic N) is 2. The second kappa shape index (κ2) is 6.72. The van der Waals surface area contributed by atoms with E-state index < -0.39 is 0 Å². The first-order valence-electron chi connectivity index (χ1n) is 7.05. The Kier molecular flexibility index (Phi) is 4.98. The molecule has 1 atom stereocenters. The van der Waals surface area contributed by atoms with Crippen LogP contribution in [0.15, 0.2) is 24.3 Å². The van der Waals surface area contributed by atoms with Gasteiger partial charge in [0.05, 0.1) is 0 Å². The molecule has 0 aromatic heterocycles. The van der Waals surface area contributed by atoms with Crippen LogP contribution in [0.1, 0.15) is 10.4 Å². The van der Waals surface area contributed by atoms with Gasteiger partial charge in [-0.3, -0.25) is 9.69 Å². The third-order valence-electron chi connectivity index (χ3n) is 3.91. The summed E-state index contributed by atoms with van der Waals surface area (Å²) in [6, 6.07) is 7.90. The molecule has 1 aliphatic rings. The van der Waals surface area contributed by atoms with E-state index in [1.807, 2.05) is 31.3 Å². The van der Waals surface area contributed by atoms with Crippen molar-refractivity contribution in [3.63, 3.8) is 0 Å². The van der Waals surface area contributed by atoms with Gasteiger partial charge in [0.2, 0.25) is 0 Å². The van der Waals surface area contributed by atoms with Gasteiger partial charge < -0.3 is 15.5 Å². The number of benzene rings is 1. The molecular formula is C15H24N4O. The molecule has 1 amide bonds. The average molecular weight is 276 g/mol. The lowest BCUT2D eigenvalue weighted by Crippen LogP contribution is -2.54. The minimum atomic E-state index is -0.00530. The monoisotopic (exact) mass is 276 g/mol. The molecule has 1 aliphatic heterocycles. The van der Waals surface area contributed by atoms with E-state index >= 15 is 0 Å². The molecule has 2 rings (SSSR count). The molecule has 5 heteroatoms. The van der Waals surface area contributed by atoms with Crippen LogP contribution in [-0.2, 0) is 0 Å². The molecule has 0 radical (unpaired) electrons. The highest BCUT2D eigenvalue weighted by molar-refractivity contribution is 5.94. The number of nitrogens with one attached hydrogen (secondary N) is 2. The van der Waals surface area contributed by atoms with Crippen molar-refractivity contribution >= 4 is 11.6 Å². The second-order valence-electron chi connectivity index (χ2n) is 5.43. The molecule has 5 nitrogen and oxygen atoms in total. The van der Waals surface area contributed by atoms with Gasteiger partial charge in [-0.25, -0.2) is 0 Å². The third kappa shape index (κ3) is 3.71. The second-order valence-corrected chi connectivity index (χ2v) is 5.43. The average Bonchev–Trinajstić information content (AvgIpc) is 2.48. The molecule has 0 spiro atoms. The molecule has 0 bridgehead atoms. The van der Waals surface area contributed by atoms with Crippen molar-refractivity contribution in [2.45, 2.75) is 6.04 Å². The van der Waals surface area contributed by atoms with E-state index in [0.717, 1.165) is 25.3 Å². The van der Waals surface area contributed by atoms with E-state index in [9.17, 15) is 4.79 Å². The van der Waals surface area contributed by atoms with E-state index in [1.165, 1.54) is 0 Å². The van der Waals surface area contributed by atoms with Crippen molar-refractivity contribution in [3.8, 4) is 0 Å². The maximum Gasteiger partial charge on any atom is 0.251 e. The van der Waals surface area contributed by atoms with E-state index in [-0.39, 0.29) is 5.91 Å². The first-order chi connectivity index (χ1) is 9.60. The fourth-order valence-electron chi connectivity index (χ4n) is 2.42. The van der Waals surface area contributed by atoms with Gasteiger partial charge in [0.1, 0.15) is 0 Å². The minimum absolute atomic E-state index is 0.00530. The van der Waals surface area contributed by atoms with E-state index in [4.69, 9.17) is 0 Å². The van der Waals surface area contributed by atoms with Crippen molar-refractivity contribution in [2.75, 3.05) is 52.6 Å². The van der Waals surface area contributed by atoms with Gasteiger partial charge >= 0.3 is 0 Å². The van der Waals surface area contributed by atoms with Crippen LogP contribution in [0.25, 0.3) is 0 Å². The van der Waals surface area contributed by atoms with Crippen LogP contribution in [0.4, 0.5) is 5.69 Å². The normalized spacial score (nSPS) is 20.6. The number of amides is 1. The van der Waals surface area contributed by atoms with E-state index in [2.05, 4.69) is 34.5 Å². The Balaban J connectivity index is 1.87. The summed E-state index contributed by atoms with van der Waals surface area (Å²) in [7, 11) is 6.11. The van der Waals surface area contributed by atoms with Crippen molar-refractivity contribution in [1.29, 1.82) is 0 Å². The van der Waals surface area contributed by atoms with Gasteiger partial charge in [-0.05, 0) is 38.4 Å². The van der Waals surface area contributed by atoms with Gasteiger partial charge in [-0.2, -0.15) is 0 Å². The van der Waals surface area contributed by atoms with Crippen molar-refractivity contribution in [3.05, 3.63) is 29.8 Å². The van der Waals surface area contributed by atoms with Crippen molar-refractivity contribution in [1.82, 2.24) is 15.1 Å². The number of likely N-dealkylation sites (N-methyl/N-ethyl adjacent to an activating group) is 2. The predicted octanol–water partition coefficient (Wildman–Crippen LogP) is 0.704. The van der Waals surface area contributed by atoms with E-state index in [1.54, 1.807) is 0 Å². The van der Waals surface area contributed by atoms with Gasteiger partial charge in [0, 0.05) is 50.5 Å². The van der Waals surface area contributed by atoms with Gasteiger partial charge in [0.25, 0.3) is 5.91 Å². The maximum absolute atomic E-state index is 12.1. The lowest BCUT2D eigenvalue weighted by Gasteiger charge is -2.37. The summed E-state index contributed by atoms with van der Waals surface area (Å²) in [6.07, 6.45) is 0. The molecule has 1 heterocycles. The molecule has 1 saturated heterocycles. The number of carbonyl (C=O) groups excluding carboxylic acids is 1. The molecule has 1 aromatic rings. The summed E-state index contributed by atoms with van der Waals surface area (Å²) in [6.45, 7) is 3.82. The Bertz CT molecular complexity index is 446. The lowest BCUT2D eigenvalue weighted by molar-refractivity contribution is 0.0881. The van der Waals surface area contributed by atoms with Crippen LogP contribution in [0.5, 0.6) is 0 Å². The standard InChI is InChI=1S/C15H24N4O/c1-16-13-6-4-12(5-7-13)15(20)17-10-14-11-18(2)8-9-19(14)3/h4-7,14,16H,8-11H2,1-3H3,(H,17,20). The van der Waals surface area contributed by atoms with Crippen LogP contribution in [-0.4, -0.2) is 69.1 Å². The fraction of sp³-hybridized carbons (Fsp3) is 0.533. The summed E-state index contributed by atoms with van der Waals surface area (Å²) in [5.74, 6) is -0.00530.